The molecule has 0 fully saturated rings. The Kier molecular flexibility index (Phi) is 5.60. The van der Waals surface area contributed by atoms with Crippen LogP contribution in [0, 0.1) is 6.92 Å². The summed E-state index contributed by atoms with van der Waals surface area (Å²) in [5.74, 6) is 0.258. The molecule has 1 heterocycles. The lowest BCUT2D eigenvalue weighted by atomic mass is 9.83. The van der Waals surface area contributed by atoms with Gasteiger partial charge >= 0.3 is 0 Å². The van der Waals surface area contributed by atoms with E-state index in [4.69, 9.17) is 0 Å². The van der Waals surface area contributed by atoms with Crippen LogP contribution >= 0.6 is 11.3 Å². The quantitative estimate of drug-likeness (QED) is 0.209. The lowest BCUT2D eigenvalue weighted by molar-refractivity contribution is 0.998. The summed E-state index contributed by atoms with van der Waals surface area (Å²) in [6.07, 6.45) is 4.74. The van der Waals surface area contributed by atoms with Gasteiger partial charge in [-0.3, -0.25) is 0 Å². The van der Waals surface area contributed by atoms with Crippen molar-refractivity contribution in [3.63, 3.8) is 0 Å². The molecule has 38 heavy (non-hydrogen) atoms. The fourth-order valence-corrected chi connectivity index (χ4v) is 7.09. The van der Waals surface area contributed by atoms with Gasteiger partial charge in [0.05, 0.1) is 0 Å². The van der Waals surface area contributed by atoms with E-state index in [1.54, 1.807) is 0 Å². The van der Waals surface area contributed by atoms with Crippen LogP contribution in [0.4, 0.5) is 0 Å². The van der Waals surface area contributed by atoms with Gasteiger partial charge in [-0.2, -0.15) is 0 Å². The van der Waals surface area contributed by atoms with Crippen LogP contribution in [-0.2, 0) is 0 Å². The first kappa shape index (κ1) is 23.0. The molecule has 1 heteroatoms. The van der Waals surface area contributed by atoms with Crippen molar-refractivity contribution in [2.75, 3.05) is 0 Å². The molecule has 1 atom stereocenters. The smallest absolute Gasteiger partial charge is 0.0351 e. The summed E-state index contributed by atoms with van der Waals surface area (Å²) in [7, 11) is 0. The van der Waals surface area contributed by atoms with Gasteiger partial charge in [-0.15, -0.1) is 11.3 Å². The SMILES string of the molecule is Cc1sc2ccccc2c1/C=C\C(C)c1c2ccccc2c(-c2ccc3ccccc3c2)c2ccccc12. The summed E-state index contributed by atoms with van der Waals surface area (Å²) >= 11 is 1.88. The molecule has 0 aliphatic rings. The maximum absolute atomic E-state index is 2.39. The Bertz CT molecular complexity index is 1950. The van der Waals surface area contributed by atoms with Crippen molar-refractivity contribution in [3.8, 4) is 11.1 Å². The maximum atomic E-state index is 2.39. The first-order valence-electron chi connectivity index (χ1n) is 13.3. The number of aryl methyl sites for hydroxylation is 1. The lowest BCUT2D eigenvalue weighted by Crippen LogP contribution is -1.96. The molecule has 0 radical (unpaired) electrons. The number of fused-ring (bicyclic) bond motifs is 4. The second kappa shape index (κ2) is 9.28. The van der Waals surface area contributed by atoms with Gasteiger partial charge in [0.2, 0.25) is 0 Å². The lowest BCUT2D eigenvalue weighted by Gasteiger charge is -2.20. The highest BCUT2D eigenvalue weighted by molar-refractivity contribution is 7.19. The van der Waals surface area contributed by atoms with E-state index in [0.29, 0.717) is 0 Å². The Hall–Kier alpha value is -4.20. The van der Waals surface area contributed by atoms with Gasteiger partial charge in [0.15, 0.2) is 0 Å². The zero-order valence-electron chi connectivity index (χ0n) is 21.6. The van der Waals surface area contributed by atoms with E-state index in [1.807, 2.05) is 11.3 Å². The van der Waals surface area contributed by atoms with Crippen LogP contribution in [0.15, 0.2) is 121 Å². The Morgan fingerprint density at radius 1 is 0.605 bits per heavy atom. The fraction of sp³-hybridized carbons (Fsp3) is 0.0811. The van der Waals surface area contributed by atoms with Crippen LogP contribution in [0.1, 0.15) is 28.8 Å². The zero-order chi connectivity index (χ0) is 25.6. The van der Waals surface area contributed by atoms with Crippen LogP contribution in [0.3, 0.4) is 0 Å². The first-order chi connectivity index (χ1) is 18.7. The summed E-state index contributed by atoms with van der Waals surface area (Å²) < 4.78 is 1.35. The van der Waals surface area contributed by atoms with E-state index < -0.39 is 0 Å². The van der Waals surface area contributed by atoms with Crippen molar-refractivity contribution >= 4 is 59.8 Å². The highest BCUT2D eigenvalue weighted by Crippen LogP contribution is 2.43. The van der Waals surface area contributed by atoms with Crippen LogP contribution < -0.4 is 0 Å². The van der Waals surface area contributed by atoms with Gasteiger partial charge in [-0.25, -0.2) is 0 Å². The van der Waals surface area contributed by atoms with Gasteiger partial charge in [0.25, 0.3) is 0 Å². The van der Waals surface area contributed by atoms with Gasteiger partial charge in [-0.1, -0.05) is 122 Å². The monoisotopic (exact) mass is 504 g/mol. The normalized spacial score (nSPS) is 12.8. The van der Waals surface area contributed by atoms with Crippen molar-refractivity contribution < 1.29 is 0 Å². The molecule has 6 aromatic carbocycles. The van der Waals surface area contributed by atoms with Crippen molar-refractivity contribution in [3.05, 3.63) is 137 Å². The van der Waals surface area contributed by atoms with Crippen LogP contribution in [0.25, 0.3) is 59.6 Å². The Labute approximate surface area is 227 Å². The predicted molar refractivity (Wildman–Crippen MR) is 168 cm³/mol. The molecule has 7 rings (SSSR count). The molecule has 0 nitrogen and oxygen atoms in total. The van der Waals surface area contributed by atoms with Gasteiger partial charge < -0.3 is 0 Å². The van der Waals surface area contributed by atoms with Gasteiger partial charge in [0, 0.05) is 15.5 Å². The molecular weight excluding hydrogens is 476 g/mol. The molecule has 1 unspecified atom stereocenters. The molecule has 0 saturated heterocycles. The molecule has 0 spiro atoms. The zero-order valence-corrected chi connectivity index (χ0v) is 22.4. The number of allylic oxidation sites excluding steroid dienone is 1. The minimum absolute atomic E-state index is 0.258. The number of rotatable bonds is 4. The Balaban J connectivity index is 1.45. The van der Waals surface area contributed by atoms with Crippen molar-refractivity contribution in [2.24, 2.45) is 0 Å². The first-order valence-corrected chi connectivity index (χ1v) is 14.1. The number of hydrogen-bond donors (Lipinski definition) is 0. The standard InChI is InChI=1S/C37H28S/c1-24(19-22-29-25(2)38-35-18-10-9-13-30(29)35)36-31-14-5-7-16-33(31)37(34-17-8-6-15-32(34)36)28-21-20-26-11-3-4-12-27(26)23-28/h3-24H,1-2H3/b22-19-. The van der Waals surface area contributed by atoms with Crippen LogP contribution in [-0.4, -0.2) is 0 Å². The summed E-state index contributed by atoms with van der Waals surface area (Å²) in [5, 5.41) is 9.19. The van der Waals surface area contributed by atoms with E-state index in [1.165, 1.54) is 69.5 Å². The largest absolute Gasteiger partial charge is 0.140 e. The summed E-state index contributed by atoms with van der Waals surface area (Å²) in [4.78, 5) is 1.37. The molecule has 0 bridgehead atoms. The summed E-state index contributed by atoms with van der Waals surface area (Å²) in [5.41, 5.74) is 5.33. The summed E-state index contributed by atoms with van der Waals surface area (Å²) in [6, 6.07) is 42.1. The number of thiophene rings is 1. The third kappa shape index (κ3) is 3.74. The molecule has 0 N–H and O–H groups in total. The van der Waals surface area contributed by atoms with E-state index >= 15 is 0 Å². The predicted octanol–water partition coefficient (Wildman–Crippen LogP) is 11.2. The molecule has 0 saturated carbocycles. The minimum Gasteiger partial charge on any atom is -0.140 e. The van der Waals surface area contributed by atoms with Gasteiger partial charge in [-0.05, 0) is 79.0 Å². The molecule has 182 valence electrons. The van der Waals surface area contributed by atoms with E-state index in [-0.39, 0.29) is 5.92 Å². The van der Waals surface area contributed by atoms with E-state index in [0.717, 1.165) is 0 Å². The Morgan fingerprint density at radius 3 is 1.89 bits per heavy atom. The van der Waals surface area contributed by atoms with E-state index in [2.05, 4.69) is 141 Å². The van der Waals surface area contributed by atoms with Crippen molar-refractivity contribution in [1.29, 1.82) is 0 Å². The second-order valence-corrected chi connectivity index (χ2v) is 11.4. The minimum atomic E-state index is 0.258. The third-order valence-corrected chi connectivity index (χ3v) is 8.94. The average molecular weight is 505 g/mol. The molecule has 0 aliphatic heterocycles. The van der Waals surface area contributed by atoms with E-state index in [9.17, 15) is 0 Å². The molecule has 0 amide bonds. The average Bonchev–Trinajstić information content (AvgIpc) is 3.28. The second-order valence-electron chi connectivity index (χ2n) is 10.2. The van der Waals surface area contributed by atoms with Crippen LogP contribution in [0.5, 0.6) is 0 Å². The topological polar surface area (TPSA) is 0 Å². The van der Waals surface area contributed by atoms with Crippen molar-refractivity contribution in [1.82, 2.24) is 0 Å². The fourth-order valence-electron chi connectivity index (χ4n) is 6.04. The van der Waals surface area contributed by atoms with Crippen molar-refractivity contribution in [2.45, 2.75) is 19.8 Å². The third-order valence-electron chi connectivity index (χ3n) is 7.84. The highest BCUT2D eigenvalue weighted by Gasteiger charge is 2.18. The molecule has 0 aliphatic carbocycles. The Morgan fingerprint density at radius 2 is 1.18 bits per heavy atom. The molecule has 1 aromatic heterocycles. The maximum Gasteiger partial charge on any atom is 0.0351 e. The summed E-state index contributed by atoms with van der Waals surface area (Å²) in [6.45, 7) is 4.57. The van der Waals surface area contributed by atoms with Crippen LogP contribution in [0.2, 0.25) is 0 Å². The highest BCUT2D eigenvalue weighted by atomic mass is 32.1. The van der Waals surface area contributed by atoms with Gasteiger partial charge in [0.1, 0.15) is 0 Å². The molecule has 7 aromatic rings. The molecular formula is C37H28S. The number of benzene rings is 6. The number of hydrogen-bond acceptors (Lipinski definition) is 1.